The molecular weight excluding hydrogens is 760 g/mol. The first kappa shape index (κ1) is 39.7. The van der Waals surface area contributed by atoms with E-state index in [0.29, 0.717) is 55.0 Å². The molecule has 4 aromatic heterocycles. The highest BCUT2D eigenvalue weighted by Gasteiger charge is 2.39. The molecule has 3 atom stereocenters. The molecule has 5 aromatic rings. The number of amides is 5. The fraction of sp³-hybridized carbons (Fsp3) is 0.512. The lowest BCUT2D eigenvalue weighted by molar-refractivity contribution is -0.135. The Labute approximate surface area is 339 Å². The number of carbonyl (C=O) groups is 4. The maximum Gasteiger partial charge on any atom is 0.329 e. The van der Waals surface area contributed by atoms with Gasteiger partial charge in [-0.2, -0.15) is 10.2 Å². The first-order valence-corrected chi connectivity index (χ1v) is 20.7. The van der Waals surface area contributed by atoms with Crippen LogP contribution in [0.3, 0.4) is 0 Å². The fourth-order valence-corrected chi connectivity index (χ4v) is 8.27. The number of rotatable bonds is 15. The van der Waals surface area contributed by atoms with Crippen molar-refractivity contribution in [1.29, 1.82) is 0 Å². The lowest BCUT2D eigenvalue weighted by atomic mass is 10.0. The molecule has 1 unspecified atom stereocenters. The molecule has 2 saturated heterocycles. The molecule has 3 aliphatic rings. The molecule has 8 rings (SSSR count). The van der Waals surface area contributed by atoms with Crippen molar-refractivity contribution in [3.8, 4) is 11.3 Å². The van der Waals surface area contributed by atoms with E-state index in [1.165, 1.54) is 15.3 Å². The number of halogens is 1. The molecule has 1 saturated carbocycles. The molecule has 59 heavy (non-hydrogen) atoms. The number of alkyl halides is 1. The van der Waals surface area contributed by atoms with Crippen LogP contribution >= 0.6 is 0 Å². The second-order valence-electron chi connectivity index (χ2n) is 15.9. The molecule has 5 amide bonds. The number of anilines is 1. The number of aryl methyl sites for hydroxylation is 2. The third-order valence-corrected chi connectivity index (χ3v) is 11.9. The quantitative estimate of drug-likeness (QED) is 0.0892. The predicted molar refractivity (Wildman–Crippen MR) is 218 cm³/mol. The number of benzene rings is 1. The number of fused-ring (bicyclic) bond motifs is 2. The summed E-state index contributed by atoms with van der Waals surface area (Å²) in [4.78, 5) is 69.1. The van der Waals surface area contributed by atoms with E-state index >= 15 is 0 Å². The second-order valence-corrected chi connectivity index (χ2v) is 15.9. The Morgan fingerprint density at radius 3 is 2.47 bits per heavy atom. The van der Waals surface area contributed by atoms with Crippen molar-refractivity contribution in [2.75, 3.05) is 32.0 Å². The van der Waals surface area contributed by atoms with Crippen LogP contribution in [-0.4, -0.2) is 101 Å². The number of unbranched alkanes of at least 4 members (excludes halogenated alkanes) is 5. The predicted octanol–water partition coefficient (Wildman–Crippen LogP) is 4.04. The van der Waals surface area contributed by atoms with Crippen molar-refractivity contribution in [2.24, 2.45) is 7.05 Å². The summed E-state index contributed by atoms with van der Waals surface area (Å²) in [6.45, 7) is 1.90. The summed E-state index contributed by atoms with van der Waals surface area (Å²) in [5.74, 6) is -1.16. The lowest BCUT2D eigenvalue weighted by Gasteiger charge is -2.32. The van der Waals surface area contributed by atoms with Gasteiger partial charge in [0.05, 0.1) is 46.9 Å². The molecule has 18 heteroatoms. The van der Waals surface area contributed by atoms with E-state index in [4.69, 9.17) is 5.10 Å². The van der Waals surface area contributed by atoms with Gasteiger partial charge in [0.15, 0.2) is 11.3 Å². The number of nitrogens with one attached hydrogen (secondary N) is 4. The van der Waals surface area contributed by atoms with Gasteiger partial charge in [-0.05, 0) is 62.3 Å². The first-order chi connectivity index (χ1) is 28.6. The van der Waals surface area contributed by atoms with Gasteiger partial charge in [-0.25, -0.2) is 23.5 Å². The van der Waals surface area contributed by atoms with Crippen molar-refractivity contribution in [2.45, 2.75) is 101 Å². The van der Waals surface area contributed by atoms with Crippen molar-refractivity contribution >= 4 is 46.1 Å². The molecule has 2 aliphatic heterocycles. The minimum absolute atomic E-state index is 0.0347. The summed E-state index contributed by atoms with van der Waals surface area (Å²) in [6, 6.07) is 6.76. The summed E-state index contributed by atoms with van der Waals surface area (Å²) < 4.78 is 19.9. The van der Waals surface area contributed by atoms with Crippen LogP contribution in [0.5, 0.6) is 0 Å². The summed E-state index contributed by atoms with van der Waals surface area (Å²) in [6.07, 6.45) is 13.7. The van der Waals surface area contributed by atoms with Crippen LogP contribution in [0.25, 0.3) is 27.9 Å². The standard InChI is InChI=1S/C41H51FN12O5/c1-43-31-21-29(49-54-35(23-45-37(31)54)39(57)47-30-20-28(30)42)26-22-46-52(24-26)27-14-17-51(18-15-27)40(58)44-16-8-6-4-3-5-7-9-25-10-11-32-34(19-25)50(2)41(59)53(32)33-12-13-36(55)48-38(33)56/h10-11,19,21-24,27-28,30,33,43H,3-9,12-18,20H2,1-2H3,(H,44,58)(H,47,57)(H,48,55,56)/t28-,30+,33?/m0/s1. The molecule has 0 radical (unpaired) electrons. The van der Waals surface area contributed by atoms with Crippen LogP contribution in [0, 0.1) is 0 Å². The van der Waals surface area contributed by atoms with Crippen molar-refractivity contribution in [1.82, 2.24) is 54.4 Å². The van der Waals surface area contributed by atoms with Gasteiger partial charge in [0, 0.05) is 58.3 Å². The Hall–Kier alpha value is -6.07. The van der Waals surface area contributed by atoms with Crippen LogP contribution in [0.1, 0.15) is 98.8 Å². The summed E-state index contributed by atoms with van der Waals surface area (Å²) >= 11 is 0. The van der Waals surface area contributed by atoms with Gasteiger partial charge in [-0.1, -0.05) is 31.7 Å². The summed E-state index contributed by atoms with van der Waals surface area (Å²) in [7, 11) is 3.49. The molecule has 0 bridgehead atoms. The molecule has 17 nitrogen and oxygen atoms in total. The van der Waals surface area contributed by atoms with Gasteiger partial charge >= 0.3 is 11.7 Å². The number of piperidine rings is 2. The van der Waals surface area contributed by atoms with Crippen molar-refractivity contribution in [3.05, 3.63) is 64.6 Å². The molecule has 312 valence electrons. The smallest absolute Gasteiger partial charge is 0.329 e. The molecule has 1 aliphatic carbocycles. The van der Waals surface area contributed by atoms with Gasteiger partial charge in [0.2, 0.25) is 11.8 Å². The summed E-state index contributed by atoms with van der Waals surface area (Å²) in [5, 5.41) is 20.6. The van der Waals surface area contributed by atoms with E-state index in [1.807, 2.05) is 40.0 Å². The number of hydrogen-bond acceptors (Lipinski definition) is 9. The average molecular weight is 811 g/mol. The number of urea groups is 1. The lowest BCUT2D eigenvalue weighted by Crippen LogP contribution is -2.45. The average Bonchev–Trinajstić information content (AvgIpc) is 3.56. The number of aromatic nitrogens is 7. The van der Waals surface area contributed by atoms with E-state index in [1.54, 1.807) is 24.9 Å². The second kappa shape index (κ2) is 17.0. The highest BCUT2D eigenvalue weighted by molar-refractivity contribution is 6.00. The highest BCUT2D eigenvalue weighted by atomic mass is 19.1. The van der Waals surface area contributed by atoms with E-state index in [9.17, 15) is 28.4 Å². The van der Waals surface area contributed by atoms with Crippen LogP contribution in [0.15, 0.2) is 47.7 Å². The highest BCUT2D eigenvalue weighted by Crippen LogP contribution is 2.29. The van der Waals surface area contributed by atoms with Crippen LogP contribution in [-0.2, 0) is 23.1 Å². The largest absolute Gasteiger partial charge is 0.385 e. The molecule has 4 N–H and O–H groups in total. The van der Waals surface area contributed by atoms with Gasteiger partial charge in [0.25, 0.3) is 5.91 Å². The van der Waals surface area contributed by atoms with Crippen LogP contribution < -0.4 is 27.0 Å². The number of hydrogen-bond donors (Lipinski definition) is 4. The van der Waals surface area contributed by atoms with E-state index in [-0.39, 0.29) is 35.8 Å². The van der Waals surface area contributed by atoms with Crippen LogP contribution in [0.4, 0.5) is 14.9 Å². The third-order valence-electron chi connectivity index (χ3n) is 11.9. The normalized spacial score (nSPS) is 19.6. The number of likely N-dealkylation sites (tertiary alicyclic amines) is 1. The number of nitrogens with zero attached hydrogens (tertiary/aromatic N) is 8. The van der Waals surface area contributed by atoms with Gasteiger partial charge in [-0.15, -0.1) is 0 Å². The zero-order valence-corrected chi connectivity index (χ0v) is 33.5. The maximum absolute atomic E-state index is 13.4. The molecule has 0 spiro atoms. The molecule has 6 heterocycles. The van der Waals surface area contributed by atoms with E-state index in [2.05, 4.69) is 31.3 Å². The van der Waals surface area contributed by atoms with Crippen molar-refractivity contribution < 1.29 is 23.6 Å². The fourth-order valence-electron chi connectivity index (χ4n) is 8.27. The SMILES string of the molecule is CNc1cc(-c2cnn(C3CCN(C(=O)NCCCCCCCCc4ccc5c(c4)n(C)c(=O)n5C4CCC(=O)NC4=O)CC3)c2)nn2c(C(=O)N[C@@H]3C[C@@H]3F)cnc12. The van der Waals surface area contributed by atoms with Crippen LogP contribution in [0.2, 0.25) is 0 Å². The van der Waals surface area contributed by atoms with Crippen molar-refractivity contribution in [3.63, 3.8) is 0 Å². The Kier molecular flexibility index (Phi) is 11.5. The summed E-state index contributed by atoms with van der Waals surface area (Å²) in [5.41, 5.74) is 5.17. The minimum atomic E-state index is -1.01. The zero-order chi connectivity index (χ0) is 41.2. The molecule has 3 fully saturated rings. The zero-order valence-electron chi connectivity index (χ0n) is 33.5. The Bertz CT molecular complexity index is 2440. The minimum Gasteiger partial charge on any atom is -0.385 e. The number of imidazole rings is 2. The van der Waals surface area contributed by atoms with E-state index < -0.39 is 30.1 Å². The van der Waals surface area contributed by atoms with Gasteiger partial charge in [0.1, 0.15) is 12.2 Å². The number of carbonyl (C=O) groups excluding carboxylic acids is 4. The Morgan fingerprint density at radius 2 is 1.73 bits per heavy atom. The first-order valence-electron chi connectivity index (χ1n) is 20.7. The third kappa shape index (κ3) is 8.43. The van der Waals surface area contributed by atoms with E-state index in [0.717, 1.165) is 74.4 Å². The van der Waals surface area contributed by atoms with Gasteiger partial charge < -0.3 is 20.9 Å². The van der Waals surface area contributed by atoms with Gasteiger partial charge in [-0.3, -0.25) is 33.5 Å². The maximum atomic E-state index is 13.4. The molecular formula is C41H51FN12O5. The Morgan fingerprint density at radius 1 is 0.966 bits per heavy atom. The Balaban J connectivity index is 0.735. The topological polar surface area (TPSA) is 195 Å². The molecule has 1 aromatic carbocycles. The number of imide groups is 1. The monoisotopic (exact) mass is 810 g/mol.